The summed E-state index contributed by atoms with van der Waals surface area (Å²) in [6.45, 7) is 1.96. The lowest BCUT2D eigenvalue weighted by Crippen LogP contribution is -2.36. The molecular weight excluding hydrogens is 428 g/mol. The molecule has 1 heterocycles. The first-order valence-corrected chi connectivity index (χ1v) is 9.48. The van der Waals surface area contributed by atoms with Crippen LogP contribution < -0.4 is 10.2 Å². The van der Waals surface area contributed by atoms with E-state index in [1.807, 2.05) is 4.90 Å². The Morgan fingerprint density at radius 3 is 2.48 bits per heavy atom. The van der Waals surface area contributed by atoms with Gasteiger partial charge in [0.2, 0.25) is 5.91 Å². The van der Waals surface area contributed by atoms with Crippen LogP contribution in [0.25, 0.3) is 6.08 Å². The molecule has 1 amide bonds. The number of hydrogen-bond acceptors (Lipinski definition) is 3. The van der Waals surface area contributed by atoms with Crippen LogP contribution in [0.5, 0.6) is 0 Å². The van der Waals surface area contributed by atoms with Gasteiger partial charge in [-0.25, -0.2) is 0 Å². The van der Waals surface area contributed by atoms with Crippen LogP contribution in [0.4, 0.5) is 24.5 Å². The van der Waals surface area contributed by atoms with Crippen molar-refractivity contribution in [2.75, 3.05) is 36.5 Å². The number of ether oxygens (including phenoxy) is 1. The Morgan fingerprint density at radius 1 is 1.10 bits per heavy atom. The highest BCUT2D eigenvalue weighted by molar-refractivity contribution is 6.35. The Hall–Kier alpha value is -2.22. The van der Waals surface area contributed by atoms with Gasteiger partial charge in [-0.2, -0.15) is 13.2 Å². The quantitative estimate of drug-likeness (QED) is 0.632. The normalized spacial score (nSPS) is 15.0. The largest absolute Gasteiger partial charge is 0.416 e. The second-order valence-electron chi connectivity index (χ2n) is 6.32. The maximum atomic E-state index is 13.1. The van der Waals surface area contributed by atoms with Gasteiger partial charge in [-0.15, -0.1) is 0 Å². The summed E-state index contributed by atoms with van der Waals surface area (Å²) in [7, 11) is 0. The van der Waals surface area contributed by atoms with Gasteiger partial charge < -0.3 is 15.0 Å². The molecule has 1 fully saturated rings. The molecule has 0 aromatic heterocycles. The first kappa shape index (κ1) is 21.5. The molecule has 1 N–H and O–H groups in total. The number of nitrogens with zero attached hydrogens (tertiary/aromatic N) is 1. The van der Waals surface area contributed by atoms with Gasteiger partial charge in [0.15, 0.2) is 0 Å². The fourth-order valence-corrected chi connectivity index (χ4v) is 3.34. The summed E-state index contributed by atoms with van der Waals surface area (Å²) in [5, 5.41) is 3.35. The van der Waals surface area contributed by atoms with E-state index in [2.05, 4.69) is 5.32 Å². The van der Waals surface area contributed by atoms with Crippen molar-refractivity contribution in [2.45, 2.75) is 6.18 Å². The third-order valence-electron chi connectivity index (χ3n) is 4.31. The smallest absolute Gasteiger partial charge is 0.378 e. The van der Waals surface area contributed by atoms with Crippen molar-refractivity contribution in [1.82, 2.24) is 0 Å². The lowest BCUT2D eigenvalue weighted by atomic mass is 10.1. The zero-order chi connectivity index (χ0) is 21.0. The van der Waals surface area contributed by atoms with Gasteiger partial charge in [-0.05, 0) is 42.0 Å². The number of amides is 1. The standard InChI is InChI=1S/C20H17Cl2F3N2O2/c21-15-4-1-13(16(22)12-15)2-6-19(28)26-17-11-14(20(23,24)25)3-5-18(17)27-7-9-29-10-8-27/h1-6,11-12H,7-10H2,(H,26,28)/b6-2+. The number of morpholine rings is 1. The Morgan fingerprint density at radius 2 is 1.83 bits per heavy atom. The van der Waals surface area contributed by atoms with Gasteiger partial charge in [-0.1, -0.05) is 29.3 Å². The molecule has 0 bridgehead atoms. The average molecular weight is 445 g/mol. The summed E-state index contributed by atoms with van der Waals surface area (Å²) in [4.78, 5) is 14.2. The van der Waals surface area contributed by atoms with Crippen molar-refractivity contribution in [3.05, 3.63) is 63.6 Å². The highest BCUT2D eigenvalue weighted by atomic mass is 35.5. The Bertz CT molecular complexity index is 926. The van der Waals surface area contributed by atoms with Gasteiger partial charge in [-0.3, -0.25) is 4.79 Å². The number of halogens is 5. The zero-order valence-corrected chi connectivity index (χ0v) is 16.6. The lowest BCUT2D eigenvalue weighted by Gasteiger charge is -2.30. The second-order valence-corrected chi connectivity index (χ2v) is 7.16. The van der Waals surface area contributed by atoms with E-state index in [1.54, 1.807) is 12.1 Å². The molecule has 154 valence electrons. The molecule has 2 aromatic carbocycles. The van der Waals surface area contributed by atoms with Crippen molar-refractivity contribution < 1.29 is 22.7 Å². The van der Waals surface area contributed by atoms with Crippen LogP contribution in [-0.4, -0.2) is 32.2 Å². The number of rotatable bonds is 4. The summed E-state index contributed by atoms with van der Waals surface area (Å²) in [5.41, 5.74) is 0.310. The van der Waals surface area contributed by atoms with E-state index in [1.165, 1.54) is 24.3 Å². The minimum atomic E-state index is -4.52. The Balaban J connectivity index is 1.84. The van der Waals surface area contributed by atoms with Gasteiger partial charge in [0.05, 0.1) is 30.2 Å². The van der Waals surface area contributed by atoms with Crippen LogP contribution in [0, 0.1) is 0 Å². The van der Waals surface area contributed by atoms with Crippen molar-refractivity contribution in [3.63, 3.8) is 0 Å². The molecule has 0 atom stereocenters. The van der Waals surface area contributed by atoms with Crippen molar-refractivity contribution in [2.24, 2.45) is 0 Å². The summed E-state index contributed by atoms with van der Waals surface area (Å²) in [6, 6.07) is 8.09. The number of anilines is 2. The van der Waals surface area contributed by atoms with E-state index >= 15 is 0 Å². The topological polar surface area (TPSA) is 41.6 Å². The summed E-state index contributed by atoms with van der Waals surface area (Å²) < 4.78 is 44.7. The number of carbonyl (C=O) groups is 1. The number of carbonyl (C=O) groups excluding carboxylic acids is 1. The Labute approximate surface area is 175 Å². The maximum absolute atomic E-state index is 13.1. The van der Waals surface area contributed by atoms with E-state index in [0.29, 0.717) is 47.6 Å². The van der Waals surface area contributed by atoms with Crippen LogP contribution in [0.3, 0.4) is 0 Å². The molecule has 3 rings (SSSR count). The predicted molar refractivity (Wildman–Crippen MR) is 109 cm³/mol. The summed E-state index contributed by atoms with van der Waals surface area (Å²) >= 11 is 11.9. The molecule has 0 aliphatic carbocycles. The van der Waals surface area contributed by atoms with E-state index < -0.39 is 17.6 Å². The molecule has 0 spiro atoms. The van der Waals surface area contributed by atoms with Crippen LogP contribution in [0.1, 0.15) is 11.1 Å². The molecule has 2 aromatic rings. The minimum absolute atomic E-state index is 0.0820. The first-order valence-electron chi connectivity index (χ1n) is 8.72. The van der Waals surface area contributed by atoms with E-state index in [9.17, 15) is 18.0 Å². The van der Waals surface area contributed by atoms with E-state index in [-0.39, 0.29) is 5.69 Å². The fourth-order valence-electron chi connectivity index (χ4n) is 2.87. The monoisotopic (exact) mass is 444 g/mol. The van der Waals surface area contributed by atoms with Crippen molar-refractivity contribution in [3.8, 4) is 0 Å². The molecule has 4 nitrogen and oxygen atoms in total. The van der Waals surface area contributed by atoms with Gasteiger partial charge in [0.1, 0.15) is 0 Å². The third-order valence-corrected chi connectivity index (χ3v) is 4.87. The molecule has 0 radical (unpaired) electrons. The molecule has 29 heavy (non-hydrogen) atoms. The van der Waals surface area contributed by atoms with Gasteiger partial charge >= 0.3 is 6.18 Å². The van der Waals surface area contributed by atoms with Crippen LogP contribution in [0.15, 0.2) is 42.5 Å². The van der Waals surface area contributed by atoms with Gasteiger partial charge in [0, 0.05) is 29.2 Å². The Kier molecular flexibility index (Phi) is 6.72. The maximum Gasteiger partial charge on any atom is 0.416 e. The van der Waals surface area contributed by atoms with Crippen molar-refractivity contribution in [1.29, 1.82) is 0 Å². The van der Waals surface area contributed by atoms with Crippen LogP contribution in [0.2, 0.25) is 10.0 Å². The van der Waals surface area contributed by atoms with E-state index in [0.717, 1.165) is 12.1 Å². The third kappa shape index (κ3) is 5.65. The predicted octanol–water partition coefficient (Wildman–Crippen LogP) is 5.50. The first-order chi connectivity index (χ1) is 13.7. The van der Waals surface area contributed by atoms with Crippen molar-refractivity contribution >= 4 is 46.6 Å². The fraction of sp³-hybridized carbons (Fsp3) is 0.250. The molecule has 0 saturated carbocycles. The van der Waals surface area contributed by atoms with Crippen LogP contribution >= 0.6 is 23.2 Å². The zero-order valence-electron chi connectivity index (χ0n) is 15.1. The summed E-state index contributed by atoms with van der Waals surface area (Å²) in [6.07, 6.45) is -1.84. The van der Waals surface area contributed by atoms with Gasteiger partial charge in [0.25, 0.3) is 0 Å². The molecule has 1 aliphatic heterocycles. The average Bonchev–Trinajstić information content (AvgIpc) is 2.67. The molecule has 9 heteroatoms. The van der Waals surface area contributed by atoms with E-state index in [4.69, 9.17) is 27.9 Å². The molecule has 1 saturated heterocycles. The minimum Gasteiger partial charge on any atom is -0.378 e. The second kappa shape index (κ2) is 9.07. The number of hydrogen-bond donors (Lipinski definition) is 1. The highest BCUT2D eigenvalue weighted by Gasteiger charge is 2.31. The number of benzene rings is 2. The lowest BCUT2D eigenvalue weighted by molar-refractivity contribution is -0.137. The highest BCUT2D eigenvalue weighted by Crippen LogP contribution is 2.35. The molecular formula is C20H17Cl2F3N2O2. The number of nitrogens with one attached hydrogen (secondary N) is 1. The number of alkyl halides is 3. The molecule has 0 unspecified atom stereocenters. The molecule has 1 aliphatic rings. The summed E-state index contributed by atoms with van der Waals surface area (Å²) in [5.74, 6) is -0.579. The SMILES string of the molecule is O=C(/C=C/c1ccc(Cl)cc1Cl)Nc1cc(C(F)(F)F)ccc1N1CCOCC1. The van der Waals surface area contributed by atoms with Crippen LogP contribution in [-0.2, 0) is 15.7 Å².